The number of nitrogens with one attached hydrogen (secondary N) is 1. The summed E-state index contributed by atoms with van der Waals surface area (Å²) >= 11 is 0. The molecule has 1 N–H and O–H groups in total. The largest absolute Gasteiger partial charge is 0.459 e. The molecule has 9 atom stereocenters. The van der Waals surface area contributed by atoms with Gasteiger partial charge in [-0.3, -0.25) is 24.0 Å². The highest BCUT2D eigenvalue weighted by Gasteiger charge is 2.63. The molecule has 4 saturated carbocycles. The van der Waals surface area contributed by atoms with Crippen LogP contribution in [-0.2, 0) is 33.5 Å². The number of benzene rings is 2. The molecule has 0 aliphatic heterocycles. The normalized spacial score (nSPS) is 30.9. The van der Waals surface area contributed by atoms with Crippen molar-refractivity contribution < 1.29 is 52.5 Å². The summed E-state index contributed by atoms with van der Waals surface area (Å²) < 4.78 is 27.1. The van der Waals surface area contributed by atoms with E-state index in [4.69, 9.17) is 23.7 Å². The van der Waals surface area contributed by atoms with Crippen molar-refractivity contribution in [2.24, 2.45) is 51.2 Å². The molecule has 354 valence electrons. The van der Waals surface area contributed by atoms with Crippen LogP contribution < -0.4 is 24.3 Å². The first-order valence-corrected chi connectivity index (χ1v) is 23.7. The molecule has 7 unspecified atom stereocenters. The molecule has 0 heterocycles. The number of allylic oxidation sites excluding steroid dienone is 2. The molecule has 66 heavy (non-hydrogen) atoms. The maximum atomic E-state index is 13.5. The highest BCUT2D eigenvalue weighted by Crippen LogP contribution is 2.71. The van der Waals surface area contributed by atoms with Gasteiger partial charge in [0.05, 0.1) is 0 Å². The van der Waals surface area contributed by atoms with Gasteiger partial charge in [0.15, 0.2) is 23.0 Å². The molecule has 2 aromatic rings. The fourth-order valence-electron chi connectivity index (χ4n) is 13.1. The quantitative estimate of drug-likeness (QED) is 0.0989. The Morgan fingerprint density at radius 1 is 0.652 bits per heavy atom. The molecule has 12 heteroatoms. The summed E-state index contributed by atoms with van der Waals surface area (Å²) in [6.45, 7) is 17.8. The molecule has 2 aromatic carbocycles. The fraction of sp³-hybridized carbons (Fsp3) is 0.556. The molecule has 0 spiro atoms. The number of carbonyl (C=O) groups is 6. The summed E-state index contributed by atoms with van der Waals surface area (Å²) in [7, 11) is 0. The van der Waals surface area contributed by atoms with Crippen LogP contribution in [0, 0.1) is 51.2 Å². The maximum absolute atomic E-state index is 13.5. The smallest absolute Gasteiger partial charge is 0.331 e. The summed E-state index contributed by atoms with van der Waals surface area (Å²) in [5.41, 5.74) is 3.26. The zero-order valence-electron chi connectivity index (χ0n) is 40.1. The third kappa shape index (κ3) is 10.2. The minimum atomic E-state index is -0.558. The van der Waals surface area contributed by atoms with E-state index in [2.05, 4.69) is 46.0 Å². The van der Waals surface area contributed by atoms with Crippen molar-refractivity contribution in [3.8, 4) is 23.0 Å². The van der Waals surface area contributed by atoms with Crippen LogP contribution in [-0.4, -0.2) is 48.4 Å². The van der Waals surface area contributed by atoms with Crippen molar-refractivity contribution in [3.05, 3.63) is 71.3 Å². The van der Waals surface area contributed by atoms with Crippen LogP contribution in [0.1, 0.15) is 138 Å². The Balaban J connectivity index is 1.02. The summed E-state index contributed by atoms with van der Waals surface area (Å²) in [6.07, 6.45) is 19.1. The van der Waals surface area contributed by atoms with E-state index in [0.29, 0.717) is 41.3 Å². The first-order chi connectivity index (χ1) is 31.1. The molecular formula is C54H67NO11. The lowest BCUT2D eigenvalue weighted by molar-refractivity contribution is -0.175. The van der Waals surface area contributed by atoms with Crippen molar-refractivity contribution >= 4 is 47.9 Å². The molecule has 0 aromatic heterocycles. The molecule has 5 aliphatic carbocycles. The number of hydrogen-bond acceptors (Lipinski definition) is 11. The predicted molar refractivity (Wildman–Crippen MR) is 249 cm³/mol. The maximum Gasteiger partial charge on any atom is 0.331 e. The van der Waals surface area contributed by atoms with Gasteiger partial charge in [0.25, 0.3) is 0 Å². The van der Waals surface area contributed by atoms with Crippen molar-refractivity contribution in [1.29, 1.82) is 0 Å². The highest BCUT2D eigenvalue weighted by molar-refractivity contribution is 5.92. The summed E-state index contributed by atoms with van der Waals surface area (Å²) in [5, 5.41) is 3.30. The molecule has 7 rings (SSSR count). The van der Waals surface area contributed by atoms with E-state index in [-0.39, 0.29) is 62.6 Å². The number of ether oxygens (including phenoxy) is 5. The van der Waals surface area contributed by atoms with Gasteiger partial charge in [0, 0.05) is 46.4 Å². The number of fused-ring (bicyclic) bond motifs is 7. The lowest BCUT2D eigenvalue weighted by Crippen LogP contribution is -2.60. The van der Waals surface area contributed by atoms with Crippen LogP contribution in [0.25, 0.3) is 12.2 Å². The van der Waals surface area contributed by atoms with Gasteiger partial charge in [-0.2, -0.15) is 0 Å². The number of hydrogen-bond donors (Lipinski definition) is 1. The zero-order valence-corrected chi connectivity index (χ0v) is 40.1. The van der Waals surface area contributed by atoms with Gasteiger partial charge in [-0.15, -0.1) is 0 Å². The molecule has 5 aliphatic rings. The van der Waals surface area contributed by atoms with E-state index in [1.54, 1.807) is 48.1 Å². The molecule has 1 amide bonds. The topological polar surface area (TPSA) is 161 Å². The van der Waals surface area contributed by atoms with Crippen LogP contribution in [0.5, 0.6) is 23.0 Å². The highest BCUT2D eigenvalue weighted by atomic mass is 16.6. The predicted octanol–water partition coefficient (Wildman–Crippen LogP) is 10.2. The second-order valence-electron chi connectivity index (χ2n) is 21.1. The van der Waals surface area contributed by atoms with Crippen molar-refractivity contribution in [3.63, 3.8) is 0 Å². The Morgan fingerprint density at radius 2 is 1.21 bits per heavy atom. The average molecular weight is 906 g/mol. The van der Waals surface area contributed by atoms with E-state index < -0.39 is 29.8 Å². The van der Waals surface area contributed by atoms with E-state index in [0.717, 1.165) is 64.2 Å². The van der Waals surface area contributed by atoms with Crippen LogP contribution in [0.4, 0.5) is 0 Å². The lowest BCUT2D eigenvalue weighted by Gasteiger charge is -2.67. The Labute approximate surface area is 389 Å². The van der Waals surface area contributed by atoms with Gasteiger partial charge in [-0.1, -0.05) is 58.4 Å². The minimum Gasteiger partial charge on any atom is -0.459 e. The van der Waals surface area contributed by atoms with Gasteiger partial charge < -0.3 is 29.0 Å². The second-order valence-corrected chi connectivity index (χ2v) is 21.1. The van der Waals surface area contributed by atoms with E-state index in [1.807, 2.05) is 0 Å². The van der Waals surface area contributed by atoms with Crippen LogP contribution in [0.15, 0.2) is 60.2 Å². The Hall–Kier alpha value is -5.52. The van der Waals surface area contributed by atoms with Gasteiger partial charge in [-0.25, -0.2) is 4.79 Å². The molecular weight excluding hydrogens is 839 g/mol. The summed E-state index contributed by atoms with van der Waals surface area (Å²) in [5.74, 6) is -0.337. The van der Waals surface area contributed by atoms with Crippen molar-refractivity contribution in [1.82, 2.24) is 5.32 Å². The lowest BCUT2D eigenvalue weighted by atomic mass is 9.38. The SMILES string of the molecule is CC(=O)Oc1ccc(/C=C/C(=O)NCC23CCC4C(=CC[C@H]5C4(C)CC[C@H]4C(C)C(OC(=O)/C=C/c6ccc(OC(C)=O)c(OC(C)=O)c6)CCC45C)C2CC(C)(C)CC3)cc1OC(C)=O. The standard InChI is InChI=1S/C54H67NO11/c1-32-40-20-23-53(9)41-21-25-54(31-55-49(60)18-12-37-10-15-44(62-33(2)56)46(28-37)64-35(4)58)27-26-51(6,7)30-42(54)39(41)14-17-48(53)52(40,8)24-22-43(32)66-50(61)19-13-38-11-16-45(63-34(3)57)47(29-38)65-36(5)59/h10-16,18-19,28-29,32,40-43,48H,17,20-27,30-31H2,1-9H3,(H,55,60)/b18-12+,19-13+/t32?,40-,41?,42?,43?,48+,52?,53?,54?/m0/s1. The molecule has 4 fully saturated rings. The van der Waals surface area contributed by atoms with Gasteiger partial charge >= 0.3 is 29.8 Å². The third-order valence-corrected chi connectivity index (χ3v) is 16.2. The first-order valence-electron chi connectivity index (χ1n) is 23.7. The van der Waals surface area contributed by atoms with Crippen molar-refractivity contribution in [2.75, 3.05) is 6.54 Å². The van der Waals surface area contributed by atoms with Crippen LogP contribution in [0.2, 0.25) is 0 Å². The Morgan fingerprint density at radius 3 is 1.80 bits per heavy atom. The van der Waals surface area contributed by atoms with Crippen LogP contribution >= 0.6 is 0 Å². The number of amides is 1. The van der Waals surface area contributed by atoms with Gasteiger partial charge in [-0.05, 0) is 163 Å². The summed E-state index contributed by atoms with van der Waals surface area (Å²) in [4.78, 5) is 73.3. The van der Waals surface area contributed by atoms with E-state index in [9.17, 15) is 28.8 Å². The van der Waals surface area contributed by atoms with Gasteiger partial charge in [0.1, 0.15) is 6.10 Å². The number of esters is 5. The monoisotopic (exact) mass is 905 g/mol. The number of carbonyl (C=O) groups excluding carboxylic acids is 6. The zero-order chi connectivity index (χ0) is 47.8. The molecule has 12 nitrogen and oxygen atoms in total. The van der Waals surface area contributed by atoms with Crippen LogP contribution in [0.3, 0.4) is 0 Å². The Bertz CT molecular complexity index is 2360. The fourth-order valence-corrected chi connectivity index (χ4v) is 13.1. The second kappa shape index (κ2) is 19.0. The first kappa shape index (κ1) is 48.4. The molecule has 0 bridgehead atoms. The van der Waals surface area contributed by atoms with Crippen molar-refractivity contribution in [2.45, 2.75) is 133 Å². The third-order valence-electron chi connectivity index (χ3n) is 16.2. The molecule has 0 radical (unpaired) electrons. The minimum absolute atomic E-state index is 0.0251. The average Bonchev–Trinajstić information content (AvgIpc) is 3.23. The number of rotatable bonds is 11. The van der Waals surface area contributed by atoms with E-state index in [1.165, 1.54) is 45.9 Å². The van der Waals surface area contributed by atoms with E-state index >= 15 is 0 Å². The van der Waals surface area contributed by atoms with Gasteiger partial charge in [0.2, 0.25) is 5.91 Å². The molecule has 0 saturated heterocycles. The summed E-state index contributed by atoms with van der Waals surface area (Å²) in [6, 6.07) is 9.58. The Kier molecular flexibility index (Phi) is 13.9.